The molecule has 0 aromatic rings. The number of aliphatic hydroxyl groups is 2. The lowest BCUT2D eigenvalue weighted by molar-refractivity contribution is -0.312. The van der Waals surface area contributed by atoms with E-state index in [2.05, 4.69) is 78.8 Å². The summed E-state index contributed by atoms with van der Waals surface area (Å²) in [4.78, 5) is 46.8. The fourth-order valence-corrected chi connectivity index (χ4v) is 16.7. The molecule has 0 aliphatic heterocycles. The number of allylic oxidation sites excluding steroid dienone is 2. The standard InChI is InChI=1S/C26H41BrO5.C26H39BrO5/c2*1-5-7-15(3)31-32-17-10-11-26(4)16(12-17)13-22(28)24-19-14-21(27)25(30-23(29)6-2)18(19)8-9-20(24)26/h16-22,24-25,28H,3,5-14H2,1-2,4H3;13,17-22,24-25,28H,3,5-12,14H2,1-2,4H3/t16?,17-,18-,19?,20?,21+,22-,24?,25+,26-;17-,18-,19?,20?,21+,22-,24?,25+,26-/m00/s1. The van der Waals surface area contributed by atoms with Crippen LogP contribution in [0.1, 0.15) is 164 Å². The number of fused-ring (bicyclic) bond motifs is 10. The molecule has 8 rings (SSSR count). The number of hydrogen-bond acceptors (Lipinski definition) is 10. The smallest absolute Gasteiger partial charge is 0.305 e. The first-order valence-electron chi connectivity index (χ1n) is 25.3. The van der Waals surface area contributed by atoms with Crippen LogP contribution in [0.15, 0.2) is 36.3 Å². The second-order valence-corrected chi connectivity index (χ2v) is 24.0. The summed E-state index contributed by atoms with van der Waals surface area (Å²) < 4.78 is 11.7. The molecule has 0 saturated heterocycles. The van der Waals surface area contributed by atoms with Crippen LogP contribution in [-0.4, -0.2) is 68.4 Å². The Morgan fingerprint density at radius 3 is 1.78 bits per heavy atom. The lowest BCUT2D eigenvalue weighted by atomic mass is 9.46. The molecule has 0 aromatic heterocycles. The Labute approximate surface area is 400 Å². The number of aliphatic hydroxyl groups excluding tert-OH is 2. The Morgan fingerprint density at radius 1 is 0.688 bits per heavy atom. The molecular weight excluding hydrogens is 944 g/mol. The quantitative estimate of drug-likeness (QED) is 0.0433. The fourth-order valence-electron chi connectivity index (χ4n) is 14.8. The maximum Gasteiger partial charge on any atom is 0.305 e. The van der Waals surface area contributed by atoms with E-state index in [1.54, 1.807) is 0 Å². The molecule has 7 fully saturated rings. The second-order valence-electron chi connectivity index (χ2n) is 21.6. The lowest BCUT2D eigenvalue weighted by Gasteiger charge is -2.60. The van der Waals surface area contributed by atoms with E-state index in [-0.39, 0.29) is 68.9 Å². The molecule has 0 bridgehead atoms. The number of halogens is 2. The van der Waals surface area contributed by atoms with Gasteiger partial charge < -0.3 is 29.5 Å². The van der Waals surface area contributed by atoms with Crippen molar-refractivity contribution in [3.63, 3.8) is 0 Å². The van der Waals surface area contributed by atoms with Gasteiger partial charge in [0.25, 0.3) is 0 Å². The van der Waals surface area contributed by atoms with Gasteiger partial charge in [-0.15, -0.1) is 0 Å². The molecule has 8 aliphatic rings. The molecule has 12 heteroatoms. The van der Waals surface area contributed by atoms with Gasteiger partial charge in [-0.1, -0.05) is 98.2 Å². The summed E-state index contributed by atoms with van der Waals surface area (Å²) in [5.74, 6) is 4.62. The third-order valence-electron chi connectivity index (χ3n) is 18.0. The summed E-state index contributed by atoms with van der Waals surface area (Å²) >= 11 is 7.63. The number of ether oxygens (including phenoxy) is 2. The van der Waals surface area contributed by atoms with Crippen molar-refractivity contribution in [2.45, 2.75) is 210 Å². The molecule has 2 N–H and O–H groups in total. The summed E-state index contributed by atoms with van der Waals surface area (Å²) in [6.45, 7) is 20.6. The van der Waals surface area contributed by atoms with Gasteiger partial charge in [0, 0.05) is 37.5 Å². The van der Waals surface area contributed by atoms with E-state index in [0.29, 0.717) is 71.7 Å². The summed E-state index contributed by atoms with van der Waals surface area (Å²) in [5, 5.41) is 22.7. The molecule has 10 nitrogen and oxygen atoms in total. The monoisotopic (exact) mass is 1020 g/mol. The molecule has 7 unspecified atom stereocenters. The SMILES string of the molecule is C=C(CCC)OO[C@H]1CC[C@@]2(C)C(=C[C@H](O)C3C4C[C@@H](Br)[C@H](OC(=O)CC)[C@H]4CCC32)C1.C=C(CCC)OO[C@H]1CC[C@@]2(C)C(C1)C[C@H](O)C1C3C[C@@H](Br)[C@H](OC(=O)CC)[C@H]3CCC12. The summed E-state index contributed by atoms with van der Waals surface area (Å²) in [6, 6.07) is 0. The zero-order valence-electron chi connectivity index (χ0n) is 39.7. The number of rotatable bonds is 14. The Morgan fingerprint density at radius 2 is 1.22 bits per heavy atom. The van der Waals surface area contributed by atoms with Gasteiger partial charge >= 0.3 is 11.9 Å². The lowest BCUT2D eigenvalue weighted by Crippen LogP contribution is -2.57. The minimum absolute atomic E-state index is 0.0132. The zero-order valence-corrected chi connectivity index (χ0v) is 42.8. The molecule has 7 saturated carbocycles. The third kappa shape index (κ3) is 10.3. The molecular formula is C52H80Br2O10. The van der Waals surface area contributed by atoms with Crippen molar-refractivity contribution in [3.8, 4) is 0 Å². The van der Waals surface area contributed by atoms with Gasteiger partial charge in [0.1, 0.15) is 35.9 Å². The van der Waals surface area contributed by atoms with Gasteiger partial charge in [0.15, 0.2) is 0 Å². The van der Waals surface area contributed by atoms with E-state index in [1.165, 1.54) is 5.57 Å². The molecule has 0 radical (unpaired) electrons. The minimum Gasteiger partial charge on any atom is -0.461 e. The van der Waals surface area contributed by atoms with Crippen LogP contribution < -0.4 is 0 Å². The number of alkyl halides is 2. The van der Waals surface area contributed by atoms with Crippen LogP contribution in [0.4, 0.5) is 0 Å². The molecule has 0 amide bonds. The van der Waals surface area contributed by atoms with Gasteiger partial charge in [-0.05, 0) is 149 Å². The molecule has 19 atom stereocenters. The fraction of sp³-hybridized carbons (Fsp3) is 0.846. The van der Waals surface area contributed by atoms with Crippen molar-refractivity contribution in [2.75, 3.05) is 0 Å². The average molecular weight is 1030 g/mol. The topological polar surface area (TPSA) is 130 Å². The third-order valence-corrected chi connectivity index (χ3v) is 19.8. The van der Waals surface area contributed by atoms with Gasteiger partial charge in [0.2, 0.25) is 0 Å². The van der Waals surface area contributed by atoms with Crippen molar-refractivity contribution in [1.29, 1.82) is 0 Å². The number of hydrogen-bond donors (Lipinski definition) is 2. The Bertz CT molecular complexity index is 1690. The van der Waals surface area contributed by atoms with Gasteiger partial charge in [-0.2, -0.15) is 9.78 Å². The van der Waals surface area contributed by atoms with Crippen molar-refractivity contribution in [2.24, 2.45) is 64.1 Å². The van der Waals surface area contributed by atoms with Crippen LogP contribution in [-0.2, 0) is 38.6 Å². The van der Waals surface area contributed by atoms with Crippen LogP contribution >= 0.6 is 31.9 Å². The predicted molar refractivity (Wildman–Crippen MR) is 254 cm³/mol. The summed E-state index contributed by atoms with van der Waals surface area (Å²) in [7, 11) is 0. The van der Waals surface area contributed by atoms with Crippen LogP contribution in [0, 0.1) is 64.1 Å². The van der Waals surface area contributed by atoms with Crippen molar-refractivity contribution in [1.82, 2.24) is 0 Å². The zero-order chi connectivity index (χ0) is 46.1. The van der Waals surface area contributed by atoms with E-state index in [9.17, 15) is 19.8 Å². The maximum atomic E-state index is 12.0. The van der Waals surface area contributed by atoms with E-state index < -0.39 is 6.10 Å². The van der Waals surface area contributed by atoms with Crippen LogP contribution in [0.3, 0.4) is 0 Å². The number of esters is 2. The summed E-state index contributed by atoms with van der Waals surface area (Å²) in [5.41, 5.74) is 1.65. The van der Waals surface area contributed by atoms with E-state index in [0.717, 1.165) is 109 Å². The second kappa shape index (κ2) is 21.5. The van der Waals surface area contributed by atoms with Crippen LogP contribution in [0.25, 0.3) is 0 Å². The summed E-state index contributed by atoms with van der Waals surface area (Å²) in [6.07, 6.45) is 18.8. The molecule has 362 valence electrons. The van der Waals surface area contributed by atoms with Crippen molar-refractivity contribution < 1.29 is 48.8 Å². The Balaban J connectivity index is 0.000000191. The van der Waals surface area contributed by atoms with E-state index in [1.807, 2.05) is 13.8 Å². The first-order valence-corrected chi connectivity index (χ1v) is 27.2. The van der Waals surface area contributed by atoms with Gasteiger partial charge in [-0.3, -0.25) is 9.59 Å². The molecule has 0 aromatic carbocycles. The maximum absolute atomic E-state index is 12.0. The number of carbonyl (C=O) groups is 2. The highest BCUT2D eigenvalue weighted by molar-refractivity contribution is 9.09. The molecule has 64 heavy (non-hydrogen) atoms. The van der Waals surface area contributed by atoms with Crippen LogP contribution in [0.2, 0.25) is 0 Å². The van der Waals surface area contributed by atoms with Gasteiger partial charge in [-0.25, -0.2) is 0 Å². The first kappa shape index (κ1) is 50.4. The molecule has 8 aliphatic carbocycles. The highest BCUT2D eigenvalue weighted by Gasteiger charge is 2.62. The number of carbonyl (C=O) groups excluding carboxylic acids is 2. The van der Waals surface area contributed by atoms with Crippen LogP contribution in [0.5, 0.6) is 0 Å². The predicted octanol–water partition coefficient (Wildman–Crippen LogP) is 11.8. The molecule has 0 heterocycles. The minimum atomic E-state index is -0.453. The van der Waals surface area contributed by atoms with E-state index >= 15 is 0 Å². The Hall–Kier alpha value is -1.44. The molecule has 0 spiro atoms. The Kier molecular flexibility index (Phi) is 16.9. The van der Waals surface area contributed by atoms with Crippen molar-refractivity contribution in [3.05, 3.63) is 36.3 Å². The van der Waals surface area contributed by atoms with Crippen molar-refractivity contribution >= 4 is 43.8 Å². The highest BCUT2D eigenvalue weighted by atomic mass is 79.9. The van der Waals surface area contributed by atoms with Gasteiger partial charge in [0.05, 0.1) is 21.9 Å². The van der Waals surface area contributed by atoms with E-state index in [4.69, 9.17) is 29.0 Å². The first-order chi connectivity index (χ1) is 30.6. The average Bonchev–Trinajstić information content (AvgIpc) is 3.76. The highest BCUT2D eigenvalue weighted by Crippen LogP contribution is 2.65. The largest absolute Gasteiger partial charge is 0.461 e. The normalized spacial score (nSPS) is 44.1.